The topological polar surface area (TPSA) is 112 Å². The largest absolute Gasteiger partial charge is 0.481 e. The van der Waals surface area contributed by atoms with Gasteiger partial charge in [0.25, 0.3) is 0 Å². The van der Waals surface area contributed by atoms with Crippen LogP contribution in [0.15, 0.2) is 18.3 Å². The SMILES string of the molecule is CC(C)(CO)Nc1ccc(NC(=O)CCC(=O)O)nc1. The normalized spacial score (nSPS) is 10.9. The predicted molar refractivity (Wildman–Crippen MR) is 74.5 cm³/mol. The van der Waals surface area contributed by atoms with Crippen LogP contribution in [0.4, 0.5) is 11.5 Å². The Hall–Kier alpha value is -2.15. The van der Waals surface area contributed by atoms with Crippen molar-refractivity contribution in [2.24, 2.45) is 0 Å². The first-order valence-electron chi connectivity index (χ1n) is 6.19. The number of hydrogen-bond donors (Lipinski definition) is 4. The summed E-state index contributed by atoms with van der Waals surface area (Å²) in [5.41, 5.74) is 0.251. The number of rotatable bonds is 7. The quantitative estimate of drug-likeness (QED) is 0.595. The fourth-order valence-corrected chi connectivity index (χ4v) is 1.40. The van der Waals surface area contributed by atoms with Gasteiger partial charge in [0.2, 0.25) is 5.91 Å². The van der Waals surface area contributed by atoms with Crippen molar-refractivity contribution in [1.29, 1.82) is 0 Å². The van der Waals surface area contributed by atoms with Gasteiger partial charge in [-0.05, 0) is 26.0 Å². The fourth-order valence-electron chi connectivity index (χ4n) is 1.40. The standard InChI is InChI=1S/C13H19N3O4/c1-13(2,8-17)16-9-3-4-10(14-7-9)15-11(18)5-6-12(19)20/h3-4,7,16-17H,5-6,8H2,1-2H3,(H,19,20)(H,14,15,18). The van der Waals surface area contributed by atoms with Gasteiger partial charge in [-0.3, -0.25) is 9.59 Å². The molecule has 0 fully saturated rings. The van der Waals surface area contributed by atoms with Crippen LogP contribution in [0.2, 0.25) is 0 Å². The Morgan fingerprint density at radius 1 is 1.30 bits per heavy atom. The summed E-state index contributed by atoms with van der Waals surface area (Å²) < 4.78 is 0. The maximum absolute atomic E-state index is 11.4. The molecule has 0 aliphatic carbocycles. The number of carbonyl (C=O) groups is 2. The van der Waals surface area contributed by atoms with Crippen LogP contribution in [0.3, 0.4) is 0 Å². The zero-order chi connectivity index (χ0) is 15.2. The zero-order valence-electron chi connectivity index (χ0n) is 11.5. The third kappa shape index (κ3) is 5.66. The van der Waals surface area contributed by atoms with E-state index in [1.165, 1.54) is 6.20 Å². The van der Waals surface area contributed by atoms with E-state index < -0.39 is 17.4 Å². The van der Waals surface area contributed by atoms with Crippen molar-refractivity contribution in [1.82, 2.24) is 4.98 Å². The van der Waals surface area contributed by atoms with E-state index in [9.17, 15) is 9.59 Å². The van der Waals surface area contributed by atoms with Crippen LogP contribution in [0.1, 0.15) is 26.7 Å². The van der Waals surface area contributed by atoms with Crippen LogP contribution in [0.25, 0.3) is 0 Å². The minimum atomic E-state index is -1.01. The van der Waals surface area contributed by atoms with E-state index in [-0.39, 0.29) is 19.4 Å². The molecule has 0 unspecified atom stereocenters. The molecule has 0 spiro atoms. The number of anilines is 2. The molecule has 4 N–H and O–H groups in total. The van der Waals surface area contributed by atoms with Crippen LogP contribution < -0.4 is 10.6 Å². The maximum Gasteiger partial charge on any atom is 0.303 e. The van der Waals surface area contributed by atoms with E-state index in [0.29, 0.717) is 11.5 Å². The van der Waals surface area contributed by atoms with Gasteiger partial charge >= 0.3 is 5.97 Å². The molecule has 110 valence electrons. The zero-order valence-corrected chi connectivity index (χ0v) is 11.5. The highest BCUT2D eigenvalue weighted by atomic mass is 16.4. The third-order valence-corrected chi connectivity index (χ3v) is 2.47. The molecule has 0 saturated carbocycles. The van der Waals surface area contributed by atoms with E-state index in [4.69, 9.17) is 10.2 Å². The molecule has 0 saturated heterocycles. The molecule has 1 heterocycles. The molecular formula is C13H19N3O4. The summed E-state index contributed by atoms with van der Waals surface area (Å²) in [6, 6.07) is 3.33. The van der Waals surface area contributed by atoms with E-state index >= 15 is 0 Å². The van der Waals surface area contributed by atoms with Crippen molar-refractivity contribution < 1.29 is 19.8 Å². The second-order valence-corrected chi connectivity index (χ2v) is 5.04. The minimum absolute atomic E-state index is 0.0271. The van der Waals surface area contributed by atoms with Gasteiger partial charge in [-0.2, -0.15) is 0 Å². The molecular weight excluding hydrogens is 262 g/mol. The first-order valence-corrected chi connectivity index (χ1v) is 6.19. The Morgan fingerprint density at radius 2 is 2.00 bits per heavy atom. The third-order valence-electron chi connectivity index (χ3n) is 2.47. The fraction of sp³-hybridized carbons (Fsp3) is 0.462. The van der Waals surface area contributed by atoms with Crippen molar-refractivity contribution in [3.8, 4) is 0 Å². The number of hydrogen-bond acceptors (Lipinski definition) is 5. The summed E-state index contributed by atoms with van der Waals surface area (Å²) in [5.74, 6) is -1.05. The van der Waals surface area contributed by atoms with Gasteiger partial charge in [0.15, 0.2) is 0 Å². The maximum atomic E-state index is 11.4. The second-order valence-electron chi connectivity index (χ2n) is 5.04. The van der Waals surface area contributed by atoms with E-state index in [1.807, 2.05) is 13.8 Å². The molecule has 7 nitrogen and oxygen atoms in total. The molecule has 7 heteroatoms. The highest BCUT2D eigenvalue weighted by molar-refractivity contribution is 5.91. The molecule has 0 aromatic carbocycles. The lowest BCUT2D eigenvalue weighted by atomic mass is 10.1. The summed E-state index contributed by atoms with van der Waals surface area (Å²) >= 11 is 0. The van der Waals surface area contributed by atoms with Gasteiger partial charge in [0.05, 0.1) is 30.5 Å². The van der Waals surface area contributed by atoms with Crippen molar-refractivity contribution in [2.75, 3.05) is 17.2 Å². The number of carbonyl (C=O) groups excluding carboxylic acids is 1. The van der Waals surface area contributed by atoms with Gasteiger partial charge in [0, 0.05) is 6.42 Å². The molecule has 0 bridgehead atoms. The lowest BCUT2D eigenvalue weighted by Crippen LogP contribution is -2.34. The average Bonchev–Trinajstić information content (AvgIpc) is 2.38. The van der Waals surface area contributed by atoms with Crippen LogP contribution in [0.5, 0.6) is 0 Å². The number of aliphatic hydroxyl groups excluding tert-OH is 1. The molecule has 1 rings (SSSR count). The highest BCUT2D eigenvalue weighted by Gasteiger charge is 2.15. The number of carboxylic acids is 1. The van der Waals surface area contributed by atoms with Gasteiger partial charge in [-0.15, -0.1) is 0 Å². The molecule has 0 radical (unpaired) electrons. The smallest absolute Gasteiger partial charge is 0.303 e. The number of pyridine rings is 1. The molecule has 1 amide bonds. The lowest BCUT2D eigenvalue weighted by molar-refractivity contribution is -0.138. The number of carboxylic acid groups (broad SMARTS) is 1. The van der Waals surface area contributed by atoms with Crippen LogP contribution in [0, 0.1) is 0 Å². The summed E-state index contributed by atoms with van der Waals surface area (Å²) in [5, 5.41) is 23.2. The van der Waals surface area contributed by atoms with Crippen molar-refractivity contribution >= 4 is 23.4 Å². The first kappa shape index (κ1) is 15.9. The lowest BCUT2D eigenvalue weighted by Gasteiger charge is -2.24. The first-order chi connectivity index (χ1) is 9.32. The summed E-state index contributed by atoms with van der Waals surface area (Å²) in [7, 11) is 0. The van der Waals surface area contributed by atoms with Gasteiger partial charge in [0.1, 0.15) is 5.82 Å². The summed E-state index contributed by atoms with van der Waals surface area (Å²) in [6.45, 7) is 3.66. The van der Waals surface area contributed by atoms with Crippen LogP contribution in [-0.4, -0.2) is 39.2 Å². The second kappa shape index (κ2) is 6.85. The predicted octanol–water partition coefficient (Wildman–Crippen LogP) is 1.07. The number of aliphatic hydroxyl groups is 1. The van der Waals surface area contributed by atoms with Gasteiger partial charge in [-0.25, -0.2) is 4.98 Å². The monoisotopic (exact) mass is 281 g/mol. The van der Waals surface area contributed by atoms with Crippen molar-refractivity contribution in [3.05, 3.63) is 18.3 Å². The molecule has 0 atom stereocenters. The Kier molecular flexibility index (Phi) is 5.45. The molecule has 0 aliphatic rings. The van der Waals surface area contributed by atoms with Gasteiger partial charge in [-0.1, -0.05) is 0 Å². The van der Waals surface area contributed by atoms with Crippen LogP contribution >= 0.6 is 0 Å². The molecule has 20 heavy (non-hydrogen) atoms. The highest BCUT2D eigenvalue weighted by Crippen LogP contribution is 2.15. The number of aliphatic carboxylic acids is 1. The Balaban J connectivity index is 2.54. The Labute approximate surface area is 117 Å². The summed E-state index contributed by atoms with van der Waals surface area (Å²) in [6.07, 6.45) is 1.23. The summed E-state index contributed by atoms with van der Waals surface area (Å²) in [4.78, 5) is 25.8. The Morgan fingerprint density at radius 3 is 2.50 bits per heavy atom. The van der Waals surface area contributed by atoms with E-state index in [0.717, 1.165) is 0 Å². The number of nitrogens with zero attached hydrogens (tertiary/aromatic N) is 1. The molecule has 0 aliphatic heterocycles. The number of nitrogens with one attached hydrogen (secondary N) is 2. The number of amides is 1. The number of aromatic nitrogens is 1. The van der Waals surface area contributed by atoms with Gasteiger partial charge < -0.3 is 20.8 Å². The molecule has 1 aromatic rings. The van der Waals surface area contributed by atoms with Crippen LogP contribution in [-0.2, 0) is 9.59 Å². The van der Waals surface area contributed by atoms with Crippen molar-refractivity contribution in [2.45, 2.75) is 32.2 Å². The van der Waals surface area contributed by atoms with Crippen molar-refractivity contribution in [3.63, 3.8) is 0 Å². The molecule has 1 aromatic heterocycles. The average molecular weight is 281 g/mol. The van der Waals surface area contributed by atoms with E-state index in [2.05, 4.69) is 15.6 Å². The Bertz CT molecular complexity index is 471. The van der Waals surface area contributed by atoms with E-state index in [1.54, 1.807) is 12.1 Å². The minimum Gasteiger partial charge on any atom is -0.481 e.